The average Bonchev–Trinajstić information content (AvgIpc) is 2.85. The van der Waals surface area contributed by atoms with Gasteiger partial charge in [0, 0.05) is 48.4 Å². The van der Waals surface area contributed by atoms with Crippen molar-refractivity contribution in [2.75, 3.05) is 24.6 Å². The SMILES string of the molecule is CCOc1ccccc1CNC(=O)C1CCN(c2nccnc2Sc2ccc(C)cc2)CC1. The minimum atomic E-state index is 0.00498. The summed E-state index contributed by atoms with van der Waals surface area (Å²) in [4.78, 5) is 25.4. The highest BCUT2D eigenvalue weighted by atomic mass is 32.2. The maximum Gasteiger partial charge on any atom is 0.223 e. The summed E-state index contributed by atoms with van der Waals surface area (Å²) in [5, 5.41) is 4.00. The number of nitrogens with one attached hydrogen (secondary N) is 1. The number of nitrogens with zero attached hydrogens (tertiary/aromatic N) is 3. The highest BCUT2D eigenvalue weighted by molar-refractivity contribution is 7.99. The van der Waals surface area contributed by atoms with Crippen LogP contribution in [0.25, 0.3) is 0 Å². The van der Waals surface area contributed by atoms with Gasteiger partial charge in [0.15, 0.2) is 5.82 Å². The van der Waals surface area contributed by atoms with Gasteiger partial charge in [0.25, 0.3) is 0 Å². The van der Waals surface area contributed by atoms with Gasteiger partial charge in [-0.1, -0.05) is 47.7 Å². The summed E-state index contributed by atoms with van der Waals surface area (Å²) in [7, 11) is 0. The monoisotopic (exact) mass is 462 g/mol. The van der Waals surface area contributed by atoms with E-state index in [0.717, 1.165) is 53.0 Å². The van der Waals surface area contributed by atoms with Crippen molar-refractivity contribution in [2.45, 2.75) is 43.2 Å². The Morgan fingerprint density at radius 3 is 2.58 bits per heavy atom. The molecule has 0 bridgehead atoms. The Labute approximate surface area is 199 Å². The number of para-hydroxylation sites is 1. The lowest BCUT2D eigenvalue weighted by Crippen LogP contribution is -2.41. The van der Waals surface area contributed by atoms with Gasteiger partial charge in [-0.2, -0.15) is 0 Å². The zero-order valence-electron chi connectivity index (χ0n) is 19.2. The number of ether oxygens (including phenoxy) is 1. The molecule has 172 valence electrons. The van der Waals surface area contributed by atoms with Crippen LogP contribution in [0.5, 0.6) is 5.75 Å². The minimum absolute atomic E-state index is 0.00498. The number of piperidine rings is 1. The molecule has 0 spiro atoms. The highest BCUT2D eigenvalue weighted by Crippen LogP contribution is 2.34. The van der Waals surface area contributed by atoms with Gasteiger partial charge in [0.05, 0.1) is 6.61 Å². The fourth-order valence-electron chi connectivity index (χ4n) is 3.95. The number of aryl methyl sites for hydroxylation is 1. The van der Waals surface area contributed by atoms with Crippen molar-refractivity contribution < 1.29 is 9.53 Å². The average molecular weight is 463 g/mol. The van der Waals surface area contributed by atoms with E-state index in [1.807, 2.05) is 31.2 Å². The molecule has 1 aliphatic heterocycles. The van der Waals surface area contributed by atoms with Crippen molar-refractivity contribution in [2.24, 2.45) is 5.92 Å². The molecule has 33 heavy (non-hydrogen) atoms. The molecule has 0 unspecified atom stereocenters. The number of hydrogen-bond acceptors (Lipinski definition) is 6. The maximum atomic E-state index is 12.8. The number of rotatable bonds is 8. The number of carbonyl (C=O) groups excluding carboxylic acids is 1. The Kier molecular flexibility index (Phi) is 7.83. The fraction of sp³-hybridized carbons (Fsp3) is 0.346. The number of anilines is 1. The largest absolute Gasteiger partial charge is 0.494 e. The molecule has 1 N–H and O–H groups in total. The number of benzene rings is 2. The summed E-state index contributed by atoms with van der Waals surface area (Å²) < 4.78 is 5.66. The van der Waals surface area contributed by atoms with Crippen LogP contribution >= 0.6 is 11.8 Å². The quantitative estimate of drug-likeness (QED) is 0.515. The zero-order chi connectivity index (χ0) is 23.0. The van der Waals surface area contributed by atoms with Crippen molar-refractivity contribution in [1.82, 2.24) is 15.3 Å². The Morgan fingerprint density at radius 1 is 1.09 bits per heavy atom. The third-order valence-corrected chi connectivity index (χ3v) is 6.76. The molecule has 1 fully saturated rings. The minimum Gasteiger partial charge on any atom is -0.494 e. The molecule has 1 aliphatic rings. The first-order chi connectivity index (χ1) is 16.1. The van der Waals surface area contributed by atoms with E-state index in [1.165, 1.54) is 5.56 Å². The smallest absolute Gasteiger partial charge is 0.223 e. The molecule has 0 saturated carbocycles. The van der Waals surface area contributed by atoms with Gasteiger partial charge in [0.1, 0.15) is 10.8 Å². The summed E-state index contributed by atoms with van der Waals surface area (Å²) in [6.07, 6.45) is 5.07. The third-order valence-electron chi connectivity index (χ3n) is 5.77. The van der Waals surface area contributed by atoms with E-state index in [4.69, 9.17) is 4.74 Å². The van der Waals surface area contributed by atoms with Crippen LogP contribution in [0, 0.1) is 12.8 Å². The van der Waals surface area contributed by atoms with Gasteiger partial charge in [0.2, 0.25) is 5.91 Å². The van der Waals surface area contributed by atoms with Crippen LogP contribution in [0.3, 0.4) is 0 Å². The lowest BCUT2D eigenvalue weighted by atomic mass is 9.96. The number of amides is 1. The Bertz CT molecular complexity index is 1070. The molecule has 2 aromatic carbocycles. The topological polar surface area (TPSA) is 67.3 Å². The van der Waals surface area contributed by atoms with E-state index in [2.05, 4.69) is 51.4 Å². The van der Waals surface area contributed by atoms with Crippen LogP contribution in [0.15, 0.2) is 70.8 Å². The van der Waals surface area contributed by atoms with Crippen molar-refractivity contribution in [3.8, 4) is 5.75 Å². The van der Waals surface area contributed by atoms with E-state index in [0.29, 0.717) is 13.2 Å². The predicted octanol–water partition coefficient (Wildman–Crippen LogP) is 4.87. The Balaban J connectivity index is 1.34. The normalized spacial score (nSPS) is 14.2. The second-order valence-electron chi connectivity index (χ2n) is 8.12. The summed E-state index contributed by atoms with van der Waals surface area (Å²) in [5.74, 6) is 1.84. The van der Waals surface area contributed by atoms with E-state index in [-0.39, 0.29) is 11.8 Å². The molecule has 0 atom stereocenters. The Morgan fingerprint density at radius 2 is 1.82 bits per heavy atom. The molecule has 1 saturated heterocycles. The number of aromatic nitrogens is 2. The van der Waals surface area contributed by atoms with Crippen LogP contribution in [0.2, 0.25) is 0 Å². The van der Waals surface area contributed by atoms with E-state index >= 15 is 0 Å². The molecular formula is C26H30N4O2S. The van der Waals surface area contributed by atoms with Crippen LogP contribution in [0.4, 0.5) is 5.82 Å². The number of hydrogen-bond donors (Lipinski definition) is 1. The van der Waals surface area contributed by atoms with Crippen molar-refractivity contribution in [3.05, 3.63) is 72.1 Å². The van der Waals surface area contributed by atoms with Crippen LogP contribution < -0.4 is 15.0 Å². The molecule has 7 heteroatoms. The lowest BCUT2D eigenvalue weighted by molar-refractivity contribution is -0.125. The highest BCUT2D eigenvalue weighted by Gasteiger charge is 2.27. The first-order valence-electron chi connectivity index (χ1n) is 11.4. The molecule has 2 heterocycles. The summed E-state index contributed by atoms with van der Waals surface area (Å²) in [6.45, 7) is 6.71. The van der Waals surface area contributed by atoms with Crippen molar-refractivity contribution in [3.63, 3.8) is 0 Å². The van der Waals surface area contributed by atoms with E-state index in [1.54, 1.807) is 24.2 Å². The lowest BCUT2D eigenvalue weighted by Gasteiger charge is -2.32. The van der Waals surface area contributed by atoms with Crippen LogP contribution in [-0.2, 0) is 11.3 Å². The molecule has 0 radical (unpaired) electrons. The van der Waals surface area contributed by atoms with E-state index in [9.17, 15) is 4.79 Å². The van der Waals surface area contributed by atoms with Crippen LogP contribution in [0.1, 0.15) is 30.9 Å². The summed E-state index contributed by atoms with van der Waals surface area (Å²) in [5.41, 5.74) is 2.24. The van der Waals surface area contributed by atoms with E-state index < -0.39 is 0 Å². The molecular weight excluding hydrogens is 432 g/mol. The Hall–Kier alpha value is -3.06. The van der Waals surface area contributed by atoms with Gasteiger partial charge < -0.3 is 15.0 Å². The summed E-state index contributed by atoms with van der Waals surface area (Å²) >= 11 is 1.63. The number of carbonyl (C=O) groups is 1. The first kappa shape index (κ1) is 23.1. The molecule has 1 amide bonds. The second kappa shape index (κ2) is 11.2. The molecule has 4 rings (SSSR count). The standard InChI is InChI=1S/C26H30N4O2S/c1-3-32-23-7-5-4-6-21(23)18-29-25(31)20-12-16-30(17-13-20)24-26(28-15-14-27-24)33-22-10-8-19(2)9-11-22/h4-11,14-15,20H,3,12-13,16-18H2,1-2H3,(H,29,31). The molecule has 1 aromatic heterocycles. The molecule has 0 aliphatic carbocycles. The van der Waals surface area contributed by atoms with Crippen molar-refractivity contribution in [1.29, 1.82) is 0 Å². The first-order valence-corrected chi connectivity index (χ1v) is 12.2. The van der Waals surface area contributed by atoms with Gasteiger partial charge >= 0.3 is 0 Å². The zero-order valence-corrected chi connectivity index (χ0v) is 20.0. The van der Waals surface area contributed by atoms with Gasteiger partial charge in [-0.3, -0.25) is 4.79 Å². The van der Waals surface area contributed by atoms with Crippen LogP contribution in [-0.4, -0.2) is 35.6 Å². The second-order valence-corrected chi connectivity index (χ2v) is 9.18. The van der Waals surface area contributed by atoms with Crippen molar-refractivity contribution >= 4 is 23.5 Å². The van der Waals surface area contributed by atoms with Gasteiger partial charge in [-0.05, 0) is 44.9 Å². The molecule has 3 aromatic rings. The maximum absolute atomic E-state index is 12.8. The molecule has 6 nitrogen and oxygen atoms in total. The third kappa shape index (κ3) is 6.05. The fourth-order valence-corrected chi connectivity index (χ4v) is 4.83. The van der Waals surface area contributed by atoms with Gasteiger partial charge in [-0.15, -0.1) is 0 Å². The predicted molar refractivity (Wildman–Crippen MR) is 132 cm³/mol. The summed E-state index contributed by atoms with van der Waals surface area (Å²) in [6, 6.07) is 16.3. The van der Waals surface area contributed by atoms with Gasteiger partial charge in [-0.25, -0.2) is 9.97 Å².